The molecule has 0 spiro atoms. The minimum Gasteiger partial charge on any atom is -0.490 e. The van der Waals surface area contributed by atoms with Crippen LogP contribution in [0.15, 0.2) is 44.7 Å². The van der Waals surface area contributed by atoms with Crippen molar-refractivity contribution in [2.45, 2.75) is 53.1 Å². The Morgan fingerprint density at radius 2 is 2.03 bits per heavy atom. The van der Waals surface area contributed by atoms with Gasteiger partial charge in [-0.2, -0.15) is 9.78 Å². The first-order valence-corrected chi connectivity index (χ1v) is 11.9. The molecule has 32 heavy (non-hydrogen) atoms. The number of halogens is 2. The molecule has 0 fully saturated rings. The number of benzene rings is 2. The summed E-state index contributed by atoms with van der Waals surface area (Å²) in [6.45, 7) is 8.32. The molecule has 0 aliphatic heterocycles. The maximum absolute atomic E-state index is 13.2. The van der Waals surface area contributed by atoms with Crippen molar-refractivity contribution in [3.8, 4) is 11.5 Å². The number of ether oxygens (including phenoxy) is 2. The number of hydrogen-bond acceptors (Lipinski definition) is 5. The third-order valence-electron chi connectivity index (χ3n) is 4.64. The Hall–Kier alpha value is -2.38. The lowest BCUT2D eigenvalue weighted by Gasteiger charge is -2.16. The molecule has 2 aromatic carbocycles. The van der Waals surface area contributed by atoms with Gasteiger partial charge in [0.25, 0.3) is 5.56 Å². The molecule has 0 atom stereocenters. The second-order valence-corrected chi connectivity index (χ2v) is 8.91. The summed E-state index contributed by atoms with van der Waals surface area (Å²) >= 11 is 9.90. The van der Waals surface area contributed by atoms with Crippen molar-refractivity contribution >= 4 is 44.6 Å². The molecule has 1 aromatic heterocycles. The van der Waals surface area contributed by atoms with E-state index in [0.29, 0.717) is 51.8 Å². The zero-order valence-electron chi connectivity index (χ0n) is 18.7. The Morgan fingerprint density at radius 3 is 2.72 bits per heavy atom. The first kappa shape index (κ1) is 24.3. The van der Waals surface area contributed by atoms with Crippen molar-refractivity contribution < 1.29 is 9.47 Å². The molecule has 170 valence electrons. The number of aromatic nitrogens is 2. The van der Waals surface area contributed by atoms with Gasteiger partial charge in [-0.05, 0) is 63.1 Å². The standard InChI is InChI=1S/C24H27BrClN3O3/c1-5-7-8-22-28-20-10-9-17(25)13-18(20)24(30)29(22)27-14-16-11-19(26)23(32-15(3)4)21(12-16)31-6-2/h9-15H,5-8H2,1-4H3. The minimum absolute atomic E-state index is 0.0473. The molecule has 0 N–H and O–H groups in total. The van der Waals surface area contributed by atoms with Crippen molar-refractivity contribution in [2.24, 2.45) is 5.10 Å². The van der Waals surface area contributed by atoms with Gasteiger partial charge in [0.05, 0.1) is 34.9 Å². The molecule has 0 saturated carbocycles. The maximum Gasteiger partial charge on any atom is 0.282 e. The zero-order valence-corrected chi connectivity index (χ0v) is 21.0. The van der Waals surface area contributed by atoms with Crippen molar-refractivity contribution in [2.75, 3.05) is 6.61 Å². The van der Waals surface area contributed by atoms with E-state index in [9.17, 15) is 4.79 Å². The van der Waals surface area contributed by atoms with Gasteiger partial charge < -0.3 is 9.47 Å². The highest BCUT2D eigenvalue weighted by Crippen LogP contribution is 2.37. The molecular formula is C24H27BrClN3O3. The molecule has 3 rings (SSSR count). The lowest BCUT2D eigenvalue weighted by molar-refractivity contribution is 0.224. The summed E-state index contributed by atoms with van der Waals surface area (Å²) in [5.74, 6) is 1.66. The SMILES string of the molecule is CCCCc1nc2ccc(Br)cc2c(=O)n1N=Cc1cc(Cl)c(OC(C)C)c(OCC)c1. The highest BCUT2D eigenvalue weighted by atomic mass is 79.9. The lowest BCUT2D eigenvalue weighted by atomic mass is 10.2. The van der Waals surface area contributed by atoms with Gasteiger partial charge in [0.2, 0.25) is 0 Å². The van der Waals surface area contributed by atoms with Crippen LogP contribution in [0.3, 0.4) is 0 Å². The first-order chi connectivity index (χ1) is 15.3. The molecular weight excluding hydrogens is 494 g/mol. The normalized spacial score (nSPS) is 11.6. The smallest absolute Gasteiger partial charge is 0.282 e. The number of unbranched alkanes of at least 4 members (excludes halogenated alkanes) is 1. The van der Waals surface area contributed by atoms with Crippen LogP contribution in [0.25, 0.3) is 10.9 Å². The van der Waals surface area contributed by atoms with Crippen molar-refractivity contribution in [3.05, 3.63) is 61.6 Å². The van der Waals surface area contributed by atoms with Gasteiger partial charge in [-0.1, -0.05) is 40.9 Å². The monoisotopic (exact) mass is 519 g/mol. The van der Waals surface area contributed by atoms with E-state index in [2.05, 4.69) is 28.0 Å². The number of rotatable bonds is 9. The van der Waals surface area contributed by atoms with Crippen molar-refractivity contribution in [3.63, 3.8) is 0 Å². The predicted octanol–water partition coefficient (Wildman–Crippen LogP) is 6.22. The summed E-state index contributed by atoms with van der Waals surface area (Å²) in [7, 11) is 0. The number of fused-ring (bicyclic) bond motifs is 1. The highest BCUT2D eigenvalue weighted by Gasteiger charge is 2.14. The van der Waals surface area contributed by atoms with E-state index >= 15 is 0 Å². The summed E-state index contributed by atoms with van der Waals surface area (Å²) in [5.41, 5.74) is 1.14. The molecule has 0 bridgehead atoms. The number of aryl methyl sites for hydroxylation is 1. The Balaban J connectivity index is 2.08. The zero-order chi connectivity index (χ0) is 23.3. The summed E-state index contributed by atoms with van der Waals surface area (Å²) in [5, 5.41) is 5.41. The van der Waals surface area contributed by atoms with E-state index in [-0.39, 0.29) is 11.7 Å². The average Bonchev–Trinajstić information content (AvgIpc) is 2.74. The third kappa shape index (κ3) is 5.70. The van der Waals surface area contributed by atoms with Crippen LogP contribution in [0.2, 0.25) is 5.02 Å². The van der Waals surface area contributed by atoms with Crippen LogP contribution in [0.4, 0.5) is 0 Å². The fourth-order valence-electron chi connectivity index (χ4n) is 3.21. The molecule has 3 aromatic rings. The van der Waals surface area contributed by atoms with E-state index in [1.54, 1.807) is 24.4 Å². The van der Waals surface area contributed by atoms with Gasteiger partial charge in [0.15, 0.2) is 11.5 Å². The van der Waals surface area contributed by atoms with Crippen LogP contribution in [-0.2, 0) is 6.42 Å². The molecule has 0 amide bonds. The van der Waals surface area contributed by atoms with E-state index in [4.69, 9.17) is 26.1 Å². The highest BCUT2D eigenvalue weighted by molar-refractivity contribution is 9.10. The molecule has 0 saturated heterocycles. The van der Waals surface area contributed by atoms with Gasteiger partial charge in [-0.3, -0.25) is 4.79 Å². The van der Waals surface area contributed by atoms with E-state index in [1.807, 2.05) is 32.9 Å². The molecule has 6 nitrogen and oxygen atoms in total. The summed E-state index contributed by atoms with van der Waals surface area (Å²) in [6.07, 6.45) is 4.10. The Kier molecular flexibility index (Phi) is 8.32. The summed E-state index contributed by atoms with van der Waals surface area (Å²) in [4.78, 5) is 17.9. The molecule has 1 heterocycles. The largest absolute Gasteiger partial charge is 0.490 e. The van der Waals surface area contributed by atoms with Crippen LogP contribution in [0.1, 0.15) is 51.9 Å². The van der Waals surface area contributed by atoms with Crippen LogP contribution < -0.4 is 15.0 Å². The maximum atomic E-state index is 13.2. The second-order valence-electron chi connectivity index (χ2n) is 7.58. The molecule has 0 aliphatic carbocycles. The number of hydrogen-bond donors (Lipinski definition) is 0. The Bertz CT molecular complexity index is 1190. The molecule has 8 heteroatoms. The number of nitrogens with zero attached hydrogens (tertiary/aromatic N) is 3. The quantitative estimate of drug-likeness (QED) is 0.314. The third-order valence-corrected chi connectivity index (χ3v) is 5.41. The van der Waals surface area contributed by atoms with Crippen LogP contribution >= 0.6 is 27.5 Å². The van der Waals surface area contributed by atoms with E-state index in [0.717, 1.165) is 17.3 Å². The predicted molar refractivity (Wildman–Crippen MR) is 134 cm³/mol. The van der Waals surface area contributed by atoms with Gasteiger partial charge in [0, 0.05) is 10.9 Å². The van der Waals surface area contributed by atoms with Crippen LogP contribution in [0, 0.1) is 0 Å². The Morgan fingerprint density at radius 1 is 1.25 bits per heavy atom. The average molecular weight is 521 g/mol. The summed E-state index contributed by atoms with van der Waals surface area (Å²) in [6, 6.07) is 9.03. The van der Waals surface area contributed by atoms with Gasteiger partial charge in [-0.25, -0.2) is 4.98 Å². The van der Waals surface area contributed by atoms with Gasteiger partial charge in [-0.15, -0.1) is 0 Å². The van der Waals surface area contributed by atoms with Gasteiger partial charge >= 0.3 is 0 Å². The fraction of sp³-hybridized carbons (Fsp3) is 0.375. The minimum atomic E-state index is -0.213. The molecule has 0 radical (unpaired) electrons. The molecule has 0 unspecified atom stereocenters. The first-order valence-electron chi connectivity index (χ1n) is 10.7. The molecule has 0 aliphatic rings. The second kappa shape index (κ2) is 11.0. The fourth-order valence-corrected chi connectivity index (χ4v) is 3.84. The van der Waals surface area contributed by atoms with E-state index < -0.39 is 0 Å². The van der Waals surface area contributed by atoms with E-state index in [1.165, 1.54) is 4.68 Å². The van der Waals surface area contributed by atoms with Crippen molar-refractivity contribution in [1.82, 2.24) is 9.66 Å². The topological polar surface area (TPSA) is 65.7 Å². The van der Waals surface area contributed by atoms with Crippen LogP contribution in [-0.4, -0.2) is 28.6 Å². The lowest BCUT2D eigenvalue weighted by Crippen LogP contribution is -2.22. The Labute approximate surface area is 201 Å². The summed E-state index contributed by atoms with van der Waals surface area (Å²) < 4.78 is 13.7. The van der Waals surface area contributed by atoms with Crippen LogP contribution in [0.5, 0.6) is 11.5 Å². The van der Waals surface area contributed by atoms with Gasteiger partial charge in [0.1, 0.15) is 5.82 Å². The van der Waals surface area contributed by atoms with Crippen molar-refractivity contribution in [1.29, 1.82) is 0 Å².